The molecule has 2 aromatic carbocycles. The lowest BCUT2D eigenvalue weighted by atomic mass is 10.2. The fourth-order valence-electron chi connectivity index (χ4n) is 3.84. The third-order valence-electron chi connectivity index (χ3n) is 5.14. The lowest BCUT2D eigenvalue weighted by Gasteiger charge is -2.36. The predicted octanol–water partition coefficient (Wildman–Crippen LogP) is 4.70. The molecular formula is C23H25ClN4O2. The van der Waals surface area contributed by atoms with Gasteiger partial charge >= 0.3 is 0 Å². The van der Waals surface area contributed by atoms with E-state index in [4.69, 9.17) is 16.3 Å². The quantitative estimate of drug-likeness (QED) is 0.659. The number of ether oxygens (including phenoxy) is 1. The average Bonchev–Trinajstić information content (AvgIpc) is 3.02. The van der Waals surface area contributed by atoms with Crippen molar-refractivity contribution in [2.45, 2.75) is 33.0 Å². The summed E-state index contributed by atoms with van der Waals surface area (Å²) in [6.07, 6.45) is 0.388. The molecule has 1 amide bonds. The van der Waals surface area contributed by atoms with E-state index in [1.807, 2.05) is 54.6 Å². The summed E-state index contributed by atoms with van der Waals surface area (Å²) in [5.41, 5.74) is 3.58. The molecule has 0 aliphatic carbocycles. The molecule has 1 aliphatic heterocycles. The van der Waals surface area contributed by atoms with E-state index in [0.717, 1.165) is 24.5 Å². The van der Waals surface area contributed by atoms with Gasteiger partial charge in [0.05, 0.1) is 23.6 Å². The molecule has 1 aliphatic rings. The van der Waals surface area contributed by atoms with Crippen molar-refractivity contribution < 1.29 is 9.53 Å². The Bertz CT molecular complexity index is 1020. The number of rotatable bonds is 4. The Morgan fingerprint density at radius 1 is 1.03 bits per heavy atom. The van der Waals surface area contributed by atoms with Crippen molar-refractivity contribution in [3.05, 3.63) is 71.0 Å². The van der Waals surface area contributed by atoms with E-state index in [-0.39, 0.29) is 18.1 Å². The maximum atomic E-state index is 12.9. The molecule has 0 saturated carbocycles. The SMILES string of the molecule is Cc1nn(-c2ccccc2)c(Cl)c1C(=O)Nc1ccc(N2CC(C)OC(C)C2)cc1. The van der Waals surface area contributed by atoms with Crippen LogP contribution < -0.4 is 10.2 Å². The highest BCUT2D eigenvalue weighted by Crippen LogP contribution is 2.26. The Morgan fingerprint density at radius 3 is 2.30 bits per heavy atom. The number of halogens is 1. The average molecular weight is 425 g/mol. The molecule has 4 rings (SSSR count). The van der Waals surface area contributed by atoms with E-state index in [2.05, 4.69) is 29.2 Å². The van der Waals surface area contributed by atoms with Crippen LogP contribution >= 0.6 is 11.6 Å². The highest BCUT2D eigenvalue weighted by molar-refractivity contribution is 6.34. The Hall–Kier alpha value is -2.83. The van der Waals surface area contributed by atoms with Gasteiger partial charge in [-0.15, -0.1) is 0 Å². The lowest BCUT2D eigenvalue weighted by Crippen LogP contribution is -2.45. The smallest absolute Gasteiger partial charge is 0.260 e. The molecule has 1 saturated heterocycles. The normalized spacial score (nSPS) is 19.0. The van der Waals surface area contributed by atoms with Crippen LogP contribution in [0.2, 0.25) is 5.15 Å². The number of nitrogens with one attached hydrogen (secondary N) is 1. The molecule has 2 atom stereocenters. The Balaban J connectivity index is 1.50. The Kier molecular flexibility index (Phi) is 5.79. The largest absolute Gasteiger partial charge is 0.372 e. The van der Waals surface area contributed by atoms with Crippen LogP contribution in [0.5, 0.6) is 0 Å². The third-order valence-corrected chi connectivity index (χ3v) is 5.49. The van der Waals surface area contributed by atoms with Gasteiger partial charge in [0.25, 0.3) is 5.91 Å². The Morgan fingerprint density at radius 2 is 1.67 bits per heavy atom. The van der Waals surface area contributed by atoms with Crippen LogP contribution in [0.1, 0.15) is 29.9 Å². The first-order valence-corrected chi connectivity index (χ1v) is 10.4. The highest BCUT2D eigenvalue weighted by atomic mass is 35.5. The van der Waals surface area contributed by atoms with Gasteiger partial charge in [0.2, 0.25) is 0 Å². The molecule has 156 valence electrons. The van der Waals surface area contributed by atoms with Crippen molar-refractivity contribution in [2.24, 2.45) is 0 Å². The molecule has 0 bridgehead atoms. The molecule has 2 heterocycles. The van der Waals surface area contributed by atoms with Crippen molar-refractivity contribution in [3.63, 3.8) is 0 Å². The van der Waals surface area contributed by atoms with Gasteiger partial charge in [0, 0.05) is 24.5 Å². The van der Waals surface area contributed by atoms with Crippen LogP contribution in [0.15, 0.2) is 54.6 Å². The molecule has 3 aromatic rings. The molecule has 7 heteroatoms. The second-order valence-corrected chi connectivity index (χ2v) is 8.02. The van der Waals surface area contributed by atoms with Gasteiger partial charge in [-0.2, -0.15) is 5.10 Å². The number of benzene rings is 2. The van der Waals surface area contributed by atoms with Gasteiger partial charge in [-0.3, -0.25) is 4.79 Å². The van der Waals surface area contributed by atoms with E-state index in [1.165, 1.54) is 0 Å². The van der Waals surface area contributed by atoms with Crippen molar-refractivity contribution in [1.82, 2.24) is 9.78 Å². The molecule has 2 unspecified atom stereocenters. The number of hydrogen-bond acceptors (Lipinski definition) is 4. The molecular weight excluding hydrogens is 400 g/mol. The molecule has 0 radical (unpaired) electrons. The van der Waals surface area contributed by atoms with E-state index in [0.29, 0.717) is 22.1 Å². The fourth-order valence-corrected chi connectivity index (χ4v) is 4.19. The standard InChI is InChI=1S/C23H25ClN4O2/c1-15-13-27(14-16(2)30-15)19-11-9-18(10-12-19)25-23(29)21-17(3)26-28(22(21)24)20-7-5-4-6-8-20/h4-12,15-16H,13-14H2,1-3H3,(H,25,29). The van der Waals surface area contributed by atoms with Gasteiger partial charge < -0.3 is 15.0 Å². The number of aryl methyl sites for hydroxylation is 1. The summed E-state index contributed by atoms with van der Waals surface area (Å²) in [7, 11) is 0. The minimum Gasteiger partial charge on any atom is -0.372 e. The molecule has 30 heavy (non-hydrogen) atoms. The number of carbonyl (C=O) groups excluding carboxylic acids is 1. The number of hydrogen-bond donors (Lipinski definition) is 1. The Labute approximate surface area is 181 Å². The third kappa shape index (κ3) is 4.20. The summed E-state index contributed by atoms with van der Waals surface area (Å²) in [5, 5.41) is 7.67. The number of carbonyl (C=O) groups is 1. The van der Waals surface area contributed by atoms with Gasteiger partial charge in [-0.1, -0.05) is 29.8 Å². The number of nitrogens with zero attached hydrogens (tertiary/aromatic N) is 3. The summed E-state index contributed by atoms with van der Waals surface area (Å²) in [4.78, 5) is 15.2. The highest BCUT2D eigenvalue weighted by Gasteiger charge is 2.23. The molecule has 1 aromatic heterocycles. The monoisotopic (exact) mass is 424 g/mol. The first-order valence-electron chi connectivity index (χ1n) is 10.0. The predicted molar refractivity (Wildman–Crippen MR) is 120 cm³/mol. The van der Waals surface area contributed by atoms with Crippen LogP contribution in [0, 0.1) is 6.92 Å². The van der Waals surface area contributed by atoms with Crippen molar-refractivity contribution in [3.8, 4) is 5.69 Å². The van der Waals surface area contributed by atoms with Gasteiger partial charge in [0.15, 0.2) is 0 Å². The summed E-state index contributed by atoms with van der Waals surface area (Å²) in [5.74, 6) is -0.277. The summed E-state index contributed by atoms with van der Waals surface area (Å²) in [6, 6.07) is 17.4. The molecule has 1 N–H and O–H groups in total. The van der Waals surface area contributed by atoms with Gasteiger partial charge in [0.1, 0.15) is 10.7 Å². The van der Waals surface area contributed by atoms with Crippen LogP contribution in [0.25, 0.3) is 5.69 Å². The van der Waals surface area contributed by atoms with Gasteiger partial charge in [-0.05, 0) is 57.2 Å². The second-order valence-electron chi connectivity index (χ2n) is 7.66. The zero-order valence-electron chi connectivity index (χ0n) is 17.3. The van der Waals surface area contributed by atoms with E-state index in [9.17, 15) is 4.79 Å². The maximum Gasteiger partial charge on any atom is 0.260 e. The van der Waals surface area contributed by atoms with Crippen LogP contribution in [-0.2, 0) is 4.74 Å². The van der Waals surface area contributed by atoms with Crippen molar-refractivity contribution in [2.75, 3.05) is 23.3 Å². The second kappa shape index (κ2) is 8.50. The van der Waals surface area contributed by atoms with Crippen molar-refractivity contribution in [1.29, 1.82) is 0 Å². The van der Waals surface area contributed by atoms with E-state index >= 15 is 0 Å². The summed E-state index contributed by atoms with van der Waals surface area (Å²) >= 11 is 6.50. The number of aromatic nitrogens is 2. The fraction of sp³-hybridized carbons (Fsp3) is 0.304. The number of anilines is 2. The van der Waals surface area contributed by atoms with Gasteiger partial charge in [-0.25, -0.2) is 4.68 Å². The maximum absolute atomic E-state index is 12.9. The molecule has 0 spiro atoms. The summed E-state index contributed by atoms with van der Waals surface area (Å²) < 4.78 is 7.38. The number of amides is 1. The first-order chi connectivity index (χ1) is 14.4. The minimum absolute atomic E-state index is 0.194. The molecule has 6 nitrogen and oxygen atoms in total. The lowest BCUT2D eigenvalue weighted by molar-refractivity contribution is -0.00521. The summed E-state index contributed by atoms with van der Waals surface area (Å²) in [6.45, 7) is 7.65. The number of morpholine rings is 1. The van der Waals surface area contributed by atoms with Crippen LogP contribution in [0.4, 0.5) is 11.4 Å². The zero-order chi connectivity index (χ0) is 21.3. The van der Waals surface area contributed by atoms with Crippen LogP contribution in [0.3, 0.4) is 0 Å². The first kappa shape index (κ1) is 20.4. The minimum atomic E-state index is -0.277. The van der Waals surface area contributed by atoms with Crippen LogP contribution in [-0.4, -0.2) is 41.0 Å². The topological polar surface area (TPSA) is 59.4 Å². The van der Waals surface area contributed by atoms with E-state index in [1.54, 1.807) is 11.6 Å². The van der Waals surface area contributed by atoms with E-state index < -0.39 is 0 Å². The molecule has 1 fully saturated rings. The number of para-hydroxylation sites is 1. The van der Waals surface area contributed by atoms with Crippen molar-refractivity contribution >= 4 is 28.9 Å². The zero-order valence-corrected chi connectivity index (χ0v) is 18.1.